The average Bonchev–Trinajstić information content (AvgIpc) is 0.795. The number of rotatable bonds is 26. The molecule has 0 spiro atoms. The highest BCUT2D eigenvalue weighted by Gasteiger charge is 2.22. The first-order valence-corrected chi connectivity index (χ1v) is 40.6. The molecule has 18 rings (SSSR count). The van der Waals surface area contributed by atoms with Crippen molar-refractivity contribution in [1.29, 1.82) is 0 Å². The molecule has 0 aromatic heterocycles. The van der Waals surface area contributed by atoms with E-state index in [1.807, 2.05) is 0 Å². The van der Waals surface area contributed by atoms with Crippen LogP contribution in [0.4, 0.5) is 68.2 Å². The molecule has 0 aliphatic carbocycles. The monoisotopic (exact) mass is 1530 g/mol. The fourth-order valence-electron chi connectivity index (χ4n) is 16.2. The normalized spacial score (nSPS) is 11.2. The number of hydrogen-bond donors (Lipinski definition) is 2. The molecule has 0 heterocycles. The number of hydrogen-bond acceptors (Lipinski definition) is 8. The predicted molar refractivity (Wildman–Crippen MR) is 496 cm³/mol. The molecule has 0 unspecified atom stereocenters. The molecule has 576 valence electrons. The van der Waals surface area contributed by atoms with Gasteiger partial charge in [-0.2, -0.15) is 0 Å². The standard InChI is InChI=1S/C56H48N2O2.C54H44N2O2/c1-59-39-37-41-17-29-49(30-18-41)57(55-15-7-11-47-9-3-5-13-53(47)55)51-33-25-45(26-34-51)43-21-23-44(24-22-43)46-27-35-52(36-28-46)58(50-31-19-42(20-32-50)38-40-60-2)56-16-8-12-48-10-4-6-14-54(48)56;57-37-35-39-15-27-47(28-16-39)55(53-13-5-9-45-7-1-3-11-51(45)53)49-31-23-43(24-32-49)41-19-21-42(22-20-41)44-25-33-50(34-26-44)56(48-29-17-40(18-30-48)36-38-58)54-14-6-10-46-8-2-4-12-52(46)54/h3-36H,37-40H2,1-2H3;1-34,57-58H,35-38H2. The predicted octanol–water partition coefficient (Wildman–Crippen LogP) is 28.0. The minimum absolute atomic E-state index is 0.134. The van der Waals surface area contributed by atoms with Crippen LogP contribution in [0.15, 0.2) is 413 Å². The van der Waals surface area contributed by atoms with Gasteiger partial charge in [-0.25, -0.2) is 0 Å². The van der Waals surface area contributed by atoms with E-state index >= 15 is 0 Å². The zero-order chi connectivity index (χ0) is 79.9. The quantitative estimate of drug-likeness (QED) is 0.0556. The molecule has 8 nitrogen and oxygen atoms in total. The van der Waals surface area contributed by atoms with Crippen LogP contribution < -0.4 is 19.6 Å². The van der Waals surface area contributed by atoms with Crippen LogP contribution in [0.3, 0.4) is 0 Å². The van der Waals surface area contributed by atoms with Crippen molar-refractivity contribution in [2.75, 3.05) is 60.2 Å². The Kier molecular flexibility index (Phi) is 23.5. The number of nitrogens with zero attached hydrogens (tertiary/aromatic N) is 4. The molecule has 0 bridgehead atoms. The summed E-state index contributed by atoms with van der Waals surface area (Å²) >= 11 is 0. The first-order chi connectivity index (χ1) is 58.3. The lowest BCUT2D eigenvalue weighted by Gasteiger charge is -2.27. The van der Waals surface area contributed by atoms with Crippen LogP contribution in [-0.2, 0) is 35.2 Å². The van der Waals surface area contributed by atoms with Gasteiger partial charge < -0.3 is 39.3 Å². The summed E-state index contributed by atoms with van der Waals surface area (Å²) in [6.07, 6.45) is 3.05. The van der Waals surface area contributed by atoms with Crippen LogP contribution in [0.2, 0.25) is 0 Å². The SMILES string of the molecule is COCCc1ccc(N(c2ccc(-c3ccc(-c4ccc(N(c5ccc(CCOC)cc5)c5cccc6ccccc56)cc4)cc3)cc2)c2cccc3ccccc23)cc1.OCCc1ccc(N(c2ccc(-c3ccc(-c4ccc(N(c5ccc(CCO)cc5)c5cccc6ccccc56)cc4)cc3)cc2)c2cccc3ccccc23)cc1. The van der Waals surface area contributed by atoms with Gasteiger partial charge >= 0.3 is 0 Å². The van der Waals surface area contributed by atoms with Crippen molar-refractivity contribution in [2.24, 2.45) is 0 Å². The number of fused-ring (bicyclic) bond motifs is 4. The van der Waals surface area contributed by atoms with Crippen molar-refractivity contribution in [3.8, 4) is 44.5 Å². The van der Waals surface area contributed by atoms with Gasteiger partial charge in [0.15, 0.2) is 0 Å². The van der Waals surface area contributed by atoms with Crippen molar-refractivity contribution in [1.82, 2.24) is 0 Å². The molecule has 0 saturated carbocycles. The molecular formula is C110H92N4O4. The molecule has 0 radical (unpaired) electrons. The fourth-order valence-corrected chi connectivity index (χ4v) is 16.2. The largest absolute Gasteiger partial charge is 0.396 e. The Morgan fingerprint density at radius 1 is 0.186 bits per heavy atom. The second-order valence-electron chi connectivity index (χ2n) is 29.8. The molecule has 0 saturated heterocycles. The Bertz CT molecular complexity index is 5970. The maximum absolute atomic E-state index is 9.49. The van der Waals surface area contributed by atoms with Crippen molar-refractivity contribution in [3.05, 3.63) is 435 Å². The van der Waals surface area contributed by atoms with Crippen molar-refractivity contribution in [2.45, 2.75) is 25.7 Å². The van der Waals surface area contributed by atoms with E-state index in [-0.39, 0.29) is 13.2 Å². The lowest BCUT2D eigenvalue weighted by atomic mass is 9.99. The maximum atomic E-state index is 9.49. The summed E-state index contributed by atoms with van der Waals surface area (Å²) in [6.45, 7) is 1.68. The van der Waals surface area contributed by atoms with E-state index < -0.39 is 0 Å². The second-order valence-corrected chi connectivity index (χ2v) is 29.8. The lowest BCUT2D eigenvalue weighted by molar-refractivity contribution is 0.202. The smallest absolute Gasteiger partial charge is 0.0540 e. The van der Waals surface area contributed by atoms with Gasteiger partial charge in [-0.05, 0) is 235 Å². The Morgan fingerprint density at radius 2 is 0.356 bits per heavy atom. The molecule has 118 heavy (non-hydrogen) atoms. The molecular weight excluding hydrogens is 1440 g/mol. The first-order valence-electron chi connectivity index (χ1n) is 40.6. The zero-order valence-corrected chi connectivity index (χ0v) is 66.4. The van der Waals surface area contributed by atoms with Crippen LogP contribution >= 0.6 is 0 Å². The molecule has 0 atom stereocenters. The second kappa shape index (κ2) is 36.2. The summed E-state index contributed by atoms with van der Waals surface area (Å²) in [4.78, 5) is 9.35. The third-order valence-electron chi connectivity index (χ3n) is 22.4. The molecule has 0 aliphatic rings. The molecule has 18 aromatic rings. The number of ether oxygens (including phenoxy) is 2. The highest BCUT2D eigenvalue weighted by atomic mass is 16.5. The van der Waals surface area contributed by atoms with Gasteiger partial charge in [-0.15, -0.1) is 0 Å². The van der Waals surface area contributed by atoms with E-state index in [0.29, 0.717) is 26.1 Å². The van der Waals surface area contributed by atoms with Crippen molar-refractivity contribution < 1.29 is 19.7 Å². The van der Waals surface area contributed by atoms with E-state index in [1.54, 1.807) is 14.2 Å². The Hall–Kier alpha value is -14.0. The van der Waals surface area contributed by atoms with Gasteiger partial charge in [-0.3, -0.25) is 0 Å². The minimum atomic E-state index is 0.134. The Morgan fingerprint density at radius 3 is 0.551 bits per heavy atom. The first kappa shape index (κ1) is 76.7. The van der Waals surface area contributed by atoms with E-state index in [4.69, 9.17) is 9.47 Å². The highest BCUT2D eigenvalue weighted by Crippen LogP contribution is 2.46. The van der Waals surface area contributed by atoms with Gasteiger partial charge in [0.1, 0.15) is 0 Å². The van der Waals surface area contributed by atoms with Crippen molar-refractivity contribution >= 4 is 111 Å². The summed E-state index contributed by atoms with van der Waals surface area (Å²) in [5.41, 5.74) is 27.3. The van der Waals surface area contributed by atoms with Gasteiger partial charge in [0.05, 0.1) is 36.0 Å². The fraction of sp³-hybridized carbons (Fsp3) is 0.0909. The number of aliphatic hydroxyl groups excluding tert-OH is 2. The van der Waals surface area contributed by atoms with Crippen molar-refractivity contribution in [3.63, 3.8) is 0 Å². The molecule has 0 amide bonds. The topological polar surface area (TPSA) is 71.9 Å². The van der Waals surface area contributed by atoms with Gasteiger partial charge in [0.2, 0.25) is 0 Å². The highest BCUT2D eigenvalue weighted by molar-refractivity contribution is 6.03. The maximum Gasteiger partial charge on any atom is 0.0540 e. The van der Waals surface area contributed by atoms with E-state index in [1.165, 1.54) is 76.5 Å². The Balaban J connectivity index is 0.000000169. The van der Waals surface area contributed by atoms with Gasteiger partial charge in [-0.1, -0.05) is 291 Å². The van der Waals surface area contributed by atoms with Crippen LogP contribution in [-0.4, -0.2) is 50.9 Å². The van der Waals surface area contributed by atoms with Crippen LogP contribution in [0.1, 0.15) is 22.3 Å². The molecule has 8 heteroatoms. The van der Waals surface area contributed by atoms with Gasteiger partial charge in [0, 0.05) is 94.5 Å². The van der Waals surface area contributed by atoms with E-state index in [0.717, 1.165) is 114 Å². The van der Waals surface area contributed by atoms with Crippen LogP contribution in [0.5, 0.6) is 0 Å². The lowest BCUT2D eigenvalue weighted by Crippen LogP contribution is -2.10. The Labute approximate surface area is 691 Å². The van der Waals surface area contributed by atoms with E-state index in [2.05, 4.69) is 432 Å². The zero-order valence-electron chi connectivity index (χ0n) is 66.4. The summed E-state index contributed by atoms with van der Waals surface area (Å²) in [6, 6.07) is 148. The molecule has 2 N–H and O–H groups in total. The molecule has 0 fully saturated rings. The molecule has 18 aromatic carbocycles. The number of benzene rings is 18. The number of aliphatic hydroxyl groups is 2. The average molecular weight is 1530 g/mol. The third kappa shape index (κ3) is 16.9. The summed E-state index contributed by atoms with van der Waals surface area (Å²) in [5, 5.41) is 28.6. The van der Waals surface area contributed by atoms with E-state index in [9.17, 15) is 10.2 Å². The van der Waals surface area contributed by atoms with Gasteiger partial charge in [0.25, 0.3) is 0 Å². The number of anilines is 12. The molecule has 0 aliphatic heterocycles. The van der Waals surface area contributed by atoms with Crippen LogP contribution in [0.25, 0.3) is 87.6 Å². The summed E-state index contributed by atoms with van der Waals surface area (Å²) in [5.74, 6) is 0. The number of methoxy groups -OCH3 is 2. The minimum Gasteiger partial charge on any atom is -0.396 e. The summed E-state index contributed by atoms with van der Waals surface area (Å²) in [7, 11) is 3.50. The third-order valence-corrected chi connectivity index (χ3v) is 22.4. The summed E-state index contributed by atoms with van der Waals surface area (Å²) < 4.78 is 10.7. The van der Waals surface area contributed by atoms with Crippen LogP contribution in [0, 0.1) is 0 Å².